The number of hydrogen-bond acceptors (Lipinski definition) is 4. The lowest BCUT2D eigenvalue weighted by Gasteiger charge is -2.08. The van der Waals surface area contributed by atoms with Gasteiger partial charge in [0.15, 0.2) is 0 Å². The lowest BCUT2D eigenvalue weighted by atomic mass is 10.2. The molecule has 2 heterocycles. The van der Waals surface area contributed by atoms with Gasteiger partial charge in [0.25, 0.3) is 0 Å². The van der Waals surface area contributed by atoms with Gasteiger partial charge in [-0.3, -0.25) is 9.67 Å². The number of fused-ring (bicyclic) bond motifs is 1. The Kier molecular flexibility index (Phi) is 2.87. The van der Waals surface area contributed by atoms with Crippen molar-refractivity contribution < 1.29 is 4.39 Å². The highest BCUT2D eigenvalue weighted by molar-refractivity contribution is 7.99. The summed E-state index contributed by atoms with van der Waals surface area (Å²) in [5.41, 5.74) is 6.79. The highest BCUT2D eigenvalue weighted by Crippen LogP contribution is 2.36. The van der Waals surface area contributed by atoms with Gasteiger partial charge in [-0.25, -0.2) is 4.39 Å². The Morgan fingerprint density at radius 3 is 3.00 bits per heavy atom. The highest BCUT2D eigenvalue weighted by atomic mass is 32.2. The van der Waals surface area contributed by atoms with Gasteiger partial charge in [-0.2, -0.15) is 5.10 Å². The van der Waals surface area contributed by atoms with Gasteiger partial charge in [0.1, 0.15) is 5.82 Å². The summed E-state index contributed by atoms with van der Waals surface area (Å²) in [6.45, 7) is 0. The first-order chi connectivity index (χ1) is 9.15. The van der Waals surface area contributed by atoms with E-state index in [1.165, 1.54) is 17.8 Å². The molecule has 2 N–H and O–H groups in total. The zero-order valence-corrected chi connectivity index (χ0v) is 11.0. The number of aromatic nitrogens is 3. The molecular formula is C13H11FN4S. The van der Waals surface area contributed by atoms with Crippen molar-refractivity contribution in [1.29, 1.82) is 0 Å². The van der Waals surface area contributed by atoms with Crippen molar-refractivity contribution in [2.45, 2.75) is 9.79 Å². The molecule has 0 aliphatic carbocycles. The van der Waals surface area contributed by atoms with E-state index in [2.05, 4.69) is 10.1 Å². The second kappa shape index (κ2) is 4.55. The Morgan fingerprint density at radius 1 is 1.42 bits per heavy atom. The second-order valence-electron chi connectivity index (χ2n) is 4.13. The molecule has 96 valence electrons. The molecule has 0 atom stereocenters. The van der Waals surface area contributed by atoms with Crippen LogP contribution in [0.3, 0.4) is 0 Å². The minimum Gasteiger partial charge on any atom is -0.398 e. The number of rotatable bonds is 2. The average Bonchev–Trinajstić information content (AvgIpc) is 2.80. The largest absolute Gasteiger partial charge is 0.398 e. The number of hydrogen-bond donors (Lipinski definition) is 1. The predicted octanol–water partition coefficient (Wildman–Crippen LogP) is 2.84. The van der Waals surface area contributed by atoms with E-state index in [0.717, 1.165) is 10.3 Å². The topological polar surface area (TPSA) is 56.7 Å². The van der Waals surface area contributed by atoms with Gasteiger partial charge in [0.05, 0.1) is 21.5 Å². The fourth-order valence-electron chi connectivity index (χ4n) is 1.88. The SMILES string of the molecule is Cn1cc(Sc2c(F)cc(N)c3cccnc23)cn1. The lowest BCUT2D eigenvalue weighted by Crippen LogP contribution is -1.94. The molecule has 3 aromatic rings. The normalized spacial score (nSPS) is 11.1. The van der Waals surface area contributed by atoms with Gasteiger partial charge in [-0.05, 0) is 18.2 Å². The molecule has 4 nitrogen and oxygen atoms in total. The first-order valence-electron chi connectivity index (χ1n) is 5.64. The number of benzene rings is 1. The molecule has 3 rings (SSSR count). The van der Waals surface area contributed by atoms with Crippen LogP contribution in [0.4, 0.5) is 10.1 Å². The fourth-order valence-corrected chi connectivity index (χ4v) is 2.84. The Hall–Kier alpha value is -2.08. The highest BCUT2D eigenvalue weighted by Gasteiger charge is 2.13. The van der Waals surface area contributed by atoms with Crippen LogP contribution in [0.5, 0.6) is 0 Å². The van der Waals surface area contributed by atoms with Crippen molar-refractivity contribution in [3.05, 3.63) is 42.6 Å². The monoisotopic (exact) mass is 274 g/mol. The Morgan fingerprint density at radius 2 is 2.26 bits per heavy atom. The second-order valence-corrected chi connectivity index (χ2v) is 5.21. The molecule has 2 aromatic heterocycles. The predicted molar refractivity (Wildman–Crippen MR) is 73.4 cm³/mol. The van der Waals surface area contributed by atoms with Crippen molar-refractivity contribution in [2.24, 2.45) is 7.05 Å². The molecule has 0 aliphatic rings. The molecular weight excluding hydrogens is 263 g/mol. The van der Waals surface area contributed by atoms with E-state index in [9.17, 15) is 4.39 Å². The van der Waals surface area contributed by atoms with Crippen molar-refractivity contribution in [1.82, 2.24) is 14.8 Å². The number of nitrogen functional groups attached to an aromatic ring is 1. The van der Waals surface area contributed by atoms with Gasteiger partial charge >= 0.3 is 0 Å². The molecule has 0 bridgehead atoms. The Labute approximate surface area is 113 Å². The van der Waals surface area contributed by atoms with E-state index in [4.69, 9.17) is 5.73 Å². The van der Waals surface area contributed by atoms with Crippen LogP contribution >= 0.6 is 11.8 Å². The van der Waals surface area contributed by atoms with Crippen molar-refractivity contribution in [2.75, 3.05) is 5.73 Å². The van der Waals surface area contributed by atoms with Crippen LogP contribution in [0.25, 0.3) is 10.9 Å². The zero-order valence-electron chi connectivity index (χ0n) is 10.2. The maximum Gasteiger partial charge on any atom is 0.141 e. The van der Waals surface area contributed by atoms with Crippen LogP contribution in [0.2, 0.25) is 0 Å². The molecule has 6 heteroatoms. The number of halogens is 1. The molecule has 0 fully saturated rings. The third kappa shape index (κ3) is 2.15. The molecule has 0 spiro atoms. The number of aryl methyl sites for hydroxylation is 1. The van der Waals surface area contributed by atoms with E-state index in [1.807, 2.05) is 19.3 Å². The van der Waals surface area contributed by atoms with Crippen molar-refractivity contribution >= 4 is 28.4 Å². The summed E-state index contributed by atoms with van der Waals surface area (Å²) in [5, 5.41) is 4.83. The fraction of sp³-hybridized carbons (Fsp3) is 0.0769. The quantitative estimate of drug-likeness (QED) is 0.730. The van der Waals surface area contributed by atoms with Gasteiger partial charge in [-0.1, -0.05) is 11.8 Å². The third-order valence-corrected chi connectivity index (χ3v) is 3.77. The zero-order chi connectivity index (χ0) is 13.4. The molecule has 0 saturated carbocycles. The average molecular weight is 274 g/mol. The van der Waals surface area contributed by atoms with E-state index in [-0.39, 0.29) is 5.82 Å². The first-order valence-corrected chi connectivity index (χ1v) is 6.46. The number of nitrogens with zero attached hydrogens (tertiary/aromatic N) is 3. The van der Waals surface area contributed by atoms with Crippen LogP contribution in [0.15, 0.2) is 46.6 Å². The third-order valence-electron chi connectivity index (χ3n) is 2.73. The van der Waals surface area contributed by atoms with Gasteiger partial charge < -0.3 is 5.73 Å². The summed E-state index contributed by atoms with van der Waals surface area (Å²) in [6, 6.07) is 4.96. The molecule has 0 radical (unpaired) electrons. The molecule has 0 saturated heterocycles. The van der Waals surface area contributed by atoms with Crippen LogP contribution in [-0.2, 0) is 7.05 Å². The van der Waals surface area contributed by atoms with Crippen LogP contribution < -0.4 is 5.73 Å². The van der Waals surface area contributed by atoms with Gasteiger partial charge in [-0.15, -0.1) is 0 Å². The summed E-state index contributed by atoms with van der Waals surface area (Å²) in [4.78, 5) is 5.57. The number of anilines is 1. The first kappa shape index (κ1) is 12.0. The van der Waals surface area contributed by atoms with Crippen LogP contribution in [0.1, 0.15) is 0 Å². The van der Waals surface area contributed by atoms with E-state index in [0.29, 0.717) is 16.1 Å². The summed E-state index contributed by atoms with van der Waals surface area (Å²) >= 11 is 1.30. The molecule has 1 aromatic carbocycles. The van der Waals surface area contributed by atoms with E-state index < -0.39 is 0 Å². The smallest absolute Gasteiger partial charge is 0.141 e. The molecule has 0 amide bonds. The number of nitrogens with two attached hydrogens (primary N) is 1. The molecule has 0 unspecified atom stereocenters. The van der Waals surface area contributed by atoms with Crippen molar-refractivity contribution in [3.8, 4) is 0 Å². The number of pyridine rings is 1. The summed E-state index contributed by atoms with van der Waals surface area (Å²) in [7, 11) is 1.82. The lowest BCUT2D eigenvalue weighted by molar-refractivity contribution is 0.605. The van der Waals surface area contributed by atoms with Crippen LogP contribution in [0, 0.1) is 5.82 Å². The Bertz CT molecular complexity index is 753. The van der Waals surface area contributed by atoms with Crippen molar-refractivity contribution in [3.63, 3.8) is 0 Å². The minimum absolute atomic E-state index is 0.363. The maximum atomic E-state index is 14.1. The van der Waals surface area contributed by atoms with E-state index >= 15 is 0 Å². The van der Waals surface area contributed by atoms with Crippen LogP contribution in [-0.4, -0.2) is 14.8 Å². The summed E-state index contributed by atoms with van der Waals surface area (Å²) < 4.78 is 15.8. The molecule has 19 heavy (non-hydrogen) atoms. The minimum atomic E-state index is -0.363. The Balaban J connectivity index is 2.17. The maximum absolute atomic E-state index is 14.1. The van der Waals surface area contributed by atoms with E-state index in [1.54, 1.807) is 23.1 Å². The summed E-state index contributed by atoms with van der Waals surface area (Å²) in [5.74, 6) is -0.363. The molecule has 0 aliphatic heterocycles. The summed E-state index contributed by atoms with van der Waals surface area (Å²) in [6.07, 6.45) is 5.15. The van der Waals surface area contributed by atoms with Gasteiger partial charge in [0, 0.05) is 30.5 Å². The van der Waals surface area contributed by atoms with Gasteiger partial charge in [0.2, 0.25) is 0 Å². The standard InChI is InChI=1S/C13H11FN4S/c1-18-7-8(6-17-18)19-13-10(14)5-11(15)9-3-2-4-16-12(9)13/h2-7H,15H2,1H3.